The summed E-state index contributed by atoms with van der Waals surface area (Å²) in [5.74, 6) is -0.294. The Balaban J connectivity index is 2.37. The standard InChI is InChI=1S/C13H22FN3O2/c1-17(2)5-7-19-6-4-16-12-9-13(18-3)10(14)8-11(12)15/h8-9,16H,4-7,15H2,1-3H3. The van der Waals surface area contributed by atoms with Gasteiger partial charge in [0.05, 0.1) is 31.7 Å². The molecule has 108 valence electrons. The lowest BCUT2D eigenvalue weighted by atomic mass is 10.2. The van der Waals surface area contributed by atoms with Gasteiger partial charge in [-0.25, -0.2) is 4.39 Å². The van der Waals surface area contributed by atoms with E-state index in [1.165, 1.54) is 13.2 Å². The number of methoxy groups -OCH3 is 1. The minimum absolute atomic E-state index is 0.172. The van der Waals surface area contributed by atoms with Gasteiger partial charge in [-0.15, -0.1) is 0 Å². The van der Waals surface area contributed by atoms with Crippen LogP contribution in [0.15, 0.2) is 12.1 Å². The van der Waals surface area contributed by atoms with Crippen molar-refractivity contribution >= 4 is 11.4 Å². The van der Waals surface area contributed by atoms with E-state index < -0.39 is 5.82 Å². The van der Waals surface area contributed by atoms with E-state index in [0.29, 0.717) is 31.1 Å². The SMILES string of the molecule is COc1cc(NCCOCCN(C)C)c(N)cc1F. The highest BCUT2D eigenvalue weighted by atomic mass is 19.1. The number of nitrogens with zero attached hydrogens (tertiary/aromatic N) is 1. The van der Waals surface area contributed by atoms with Crippen LogP contribution in [0.1, 0.15) is 0 Å². The molecule has 0 aliphatic heterocycles. The maximum Gasteiger partial charge on any atom is 0.167 e. The molecule has 0 saturated carbocycles. The largest absolute Gasteiger partial charge is 0.494 e. The van der Waals surface area contributed by atoms with Gasteiger partial charge in [0, 0.05) is 25.2 Å². The highest BCUT2D eigenvalue weighted by Crippen LogP contribution is 2.27. The number of rotatable bonds is 8. The summed E-state index contributed by atoms with van der Waals surface area (Å²) >= 11 is 0. The molecule has 1 aromatic rings. The Morgan fingerprint density at radius 2 is 2.05 bits per heavy atom. The molecule has 6 heteroatoms. The number of hydrogen-bond acceptors (Lipinski definition) is 5. The molecule has 0 aliphatic rings. The maximum absolute atomic E-state index is 13.3. The first-order valence-electron chi connectivity index (χ1n) is 6.14. The Bertz CT molecular complexity index is 400. The van der Waals surface area contributed by atoms with Gasteiger partial charge in [0.25, 0.3) is 0 Å². The van der Waals surface area contributed by atoms with Gasteiger partial charge in [0.15, 0.2) is 11.6 Å². The summed E-state index contributed by atoms with van der Waals surface area (Å²) in [4.78, 5) is 2.05. The van der Waals surface area contributed by atoms with Crippen LogP contribution in [-0.4, -0.2) is 52.4 Å². The fraction of sp³-hybridized carbons (Fsp3) is 0.538. The van der Waals surface area contributed by atoms with E-state index in [9.17, 15) is 4.39 Å². The highest BCUT2D eigenvalue weighted by molar-refractivity contribution is 5.68. The second-order valence-electron chi connectivity index (χ2n) is 4.42. The van der Waals surface area contributed by atoms with E-state index in [4.69, 9.17) is 15.2 Å². The molecule has 5 nitrogen and oxygen atoms in total. The molecule has 0 heterocycles. The van der Waals surface area contributed by atoms with Gasteiger partial charge in [0.2, 0.25) is 0 Å². The molecule has 0 aliphatic carbocycles. The number of benzene rings is 1. The van der Waals surface area contributed by atoms with Crippen molar-refractivity contribution in [1.82, 2.24) is 4.90 Å². The fourth-order valence-corrected chi connectivity index (χ4v) is 1.49. The molecule has 0 atom stereocenters. The first kappa shape index (κ1) is 15.5. The van der Waals surface area contributed by atoms with Gasteiger partial charge in [-0.3, -0.25) is 0 Å². The molecule has 0 amide bonds. The third-order valence-corrected chi connectivity index (χ3v) is 2.57. The summed E-state index contributed by atoms with van der Waals surface area (Å²) in [6, 6.07) is 2.79. The molecule has 1 aromatic carbocycles. The topological polar surface area (TPSA) is 59.8 Å². The zero-order chi connectivity index (χ0) is 14.3. The predicted molar refractivity (Wildman–Crippen MR) is 75.2 cm³/mol. The second kappa shape index (κ2) is 7.81. The number of nitrogens with one attached hydrogen (secondary N) is 1. The van der Waals surface area contributed by atoms with Gasteiger partial charge in [-0.1, -0.05) is 0 Å². The summed E-state index contributed by atoms with van der Waals surface area (Å²) in [7, 11) is 5.41. The maximum atomic E-state index is 13.3. The molecule has 0 bridgehead atoms. The van der Waals surface area contributed by atoms with Gasteiger partial charge >= 0.3 is 0 Å². The Morgan fingerprint density at radius 1 is 1.32 bits per heavy atom. The van der Waals surface area contributed by atoms with Gasteiger partial charge < -0.3 is 25.4 Å². The second-order valence-corrected chi connectivity index (χ2v) is 4.42. The monoisotopic (exact) mass is 271 g/mol. The van der Waals surface area contributed by atoms with E-state index in [1.54, 1.807) is 6.07 Å². The summed E-state index contributed by atoms with van der Waals surface area (Å²) in [6.45, 7) is 2.72. The third kappa shape index (κ3) is 5.32. The molecule has 3 N–H and O–H groups in total. The van der Waals surface area contributed by atoms with Crippen LogP contribution in [0.2, 0.25) is 0 Å². The minimum atomic E-state index is -0.465. The zero-order valence-corrected chi connectivity index (χ0v) is 11.7. The van der Waals surface area contributed by atoms with Crippen LogP contribution in [0, 0.1) is 5.82 Å². The Labute approximate surface area is 113 Å². The first-order chi connectivity index (χ1) is 9.04. The lowest BCUT2D eigenvalue weighted by molar-refractivity contribution is 0.126. The molecular weight excluding hydrogens is 249 g/mol. The number of halogens is 1. The average molecular weight is 271 g/mol. The molecule has 0 fully saturated rings. The predicted octanol–water partition coefficient (Wildman–Crippen LogP) is 1.41. The molecule has 0 aromatic heterocycles. The van der Waals surface area contributed by atoms with Crippen molar-refractivity contribution in [3.8, 4) is 5.75 Å². The molecule has 0 saturated heterocycles. The van der Waals surface area contributed by atoms with E-state index in [0.717, 1.165) is 6.54 Å². The van der Waals surface area contributed by atoms with Crippen molar-refractivity contribution in [3.05, 3.63) is 17.9 Å². The van der Waals surface area contributed by atoms with Crippen LogP contribution < -0.4 is 15.8 Å². The van der Waals surface area contributed by atoms with Crippen molar-refractivity contribution < 1.29 is 13.9 Å². The molecule has 0 spiro atoms. The molecular formula is C13H22FN3O2. The van der Waals surface area contributed by atoms with Crippen molar-refractivity contribution in [3.63, 3.8) is 0 Å². The summed E-state index contributed by atoms with van der Waals surface area (Å²) in [5.41, 5.74) is 6.72. The third-order valence-electron chi connectivity index (χ3n) is 2.57. The van der Waals surface area contributed by atoms with Crippen LogP contribution in [0.3, 0.4) is 0 Å². The molecule has 1 rings (SSSR count). The van der Waals surface area contributed by atoms with Gasteiger partial charge in [-0.2, -0.15) is 0 Å². The number of hydrogen-bond donors (Lipinski definition) is 2. The van der Waals surface area contributed by atoms with Crippen LogP contribution in [0.4, 0.5) is 15.8 Å². The first-order valence-corrected chi connectivity index (χ1v) is 6.14. The van der Waals surface area contributed by atoms with E-state index in [2.05, 4.69) is 10.2 Å². The minimum Gasteiger partial charge on any atom is -0.494 e. The number of ether oxygens (including phenoxy) is 2. The number of nitrogen functional groups attached to an aromatic ring is 1. The van der Waals surface area contributed by atoms with Crippen molar-refractivity contribution in [1.29, 1.82) is 0 Å². The lowest BCUT2D eigenvalue weighted by Gasteiger charge is -2.13. The van der Waals surface area contributed by atoms with E-state index in [1.807, 2.05) is 14.1 Å². The van der Waals surface area contributed by atoms with Gasteiger partial charge in [0.1, 0.15) is 0 Å². The Hall–Kier alpha value is -1.53. The number of nitrogens with two attached hydrogens (primary N) is 1. The Kier molecular flexibility index (Phi) is 6.38. The van der Waals surface area contributed by atoms with Crippen LogP contribution >= 0.6 is 0 Å². The fourth-order valence-electron chi connectivity index (χ4n) is 1.49. The van der Waals surface area contributed by atoms with Crippen LogP contribution in [0.25, 0.3) is 0 Å². The number of likely N-dealkylation sites (N-methyl/N-ethyl adjacent to an activating group) is 1. The van der Waals surface area contributed by atoms with Crippen LogP contribution in [0.5, 0.6) is 5.75 Å². The number of anilines is 2. The normalized spacial score (nSPS) is 10.8. The van der Waals surface area contributed by atoms with Gasteiger partial charge in [-0.05, 0) is 14.1 Å². The lowest BCUT2D eigenvalue weighted by Crippen LogP contribution is -2.20. The average Bonchev–Trinajstić information content (AvgIpc) is 2.35. The van der Waals surface area contributed by atoms with E-state index >= 15 is 0 Å². The molecule has 0 radical (unpaired) electrons. The smallest absolute Gasteiger partial charge is 0.167 e. The molecule has 0 unspecified atom stereocenters. The summed E-state index contributed by atoms with van der Waals surface area (Å²) in [5, 5.41) is 3.09. The van der Waals surface area contributed by atoms with Crippen molar-refractivity contribution in [2.45, 2.75) is 0 Å². The summed E-state index contributed by atoms with van der Waals surface area (Å²) < 4.78 is 23.7. The quantitative estimate of drug-likeness (QED) is 0.553. The van der Waals surface area contributed by atoms with Crippen LogP contribution in [-0.2, 0) is 4.74 Å². The highest BCUT2D eigenvalue weighted by Gasteiger charge is 2.07. The molecule has 19 heavy (non-hydrogen) atoms. The van der Waals surface area contributed by atoms with E-state index in [-0.39, 0.29) is 5.75 Å². The van der Waals surface area contributed by atoms with Crippen molar-refractivity contribution in [2.24, 2.45) is 0 Å². The summed E-state index contributed by atoms with van der Waals surface area (Å²) in [6.07, 6.45) is 0. The Morgan fingerprint density at radius 3 is 2.68 bits per heavy atom. The van der Waals surface area contributed by atoms with Crippen molar-refractivity contribution in [2.75, 3.05) is 58.6 Å². The zero-order valence-electron chi connectivity index (χ0n) is 11.7.